The maximum absolute atomic E-state index is 13.5. The van der Waals surface area contributed by atoms with Gasteiger partial charge in [-0.15, -0.1) is 0 Å². The van der Waals surface area contributed by atoms with Gasteiger partial charge in [-0.1, -0.05) is 29.9 Å². The lowest BCUT2D eigenvalue weighted by molar-refractivity contribution is -0.137. The number of hydrogen-bond acceptors (Lipinski definition) is 8. The van der Waals surface area contributed by atoms with E-state index in [0.717, 1.165) is 23.5 Å². The number of nitrogens with one attached hydrogen (secondary N) is 1. The number of rotatable bonds is 14. The summed E-state index contributed by atoms with van der Waals surface area (Å²) in [7, 11) is 3.17. The molecule has 3 rings (SSSR count). The highest BCUT2D eigenvalue weighted by atomic mass is 35.5. The molecule has 8 nitrogen and oxygen atoms in total. The van der Waals surface area contributed by atoms with Gasteiger partial charge in [-0.2, -0.15) is 13.2 Å². The number of carbonyl (C=O) groups excluding carboxylic acids is 1. The number of anilines is 1. The molecule has 0 aliphatic rings. The summed E-state index contributed by atoms with van der Waals surface area (Å²) in [6, 6.07) is 4.90. The quantitative estimate of drug-likeness (QED) is 0.225. The number of phenolic OH excluding ortho intramolecular Hbond substituents is 1. The Kier molecular flexibility index (Phi) is 11.3. The van der Waals surface area contributed by atoms with Crippen molar-refractivity contribution in [1.29, 1.82) is 0 Å². The fourth-order valence-electron chi connectivity index (χ4n) is 3.82. The number of amides is 1. The molecule has 0 unspecified atom stereocenters. The lowest BCUT2D eigenvalue weighted by atomic mass is 10.1. The van der Waals surface area contributed by atoms with E-state index in [2.05, 4.69) is 10.3 Å². The molecule has 0 aliphatic heterocycles. The summed E-state index contributed by atoms with van der Waals surface area (Å²) in [6.45, 7) is 4.54. The van der Waals surface area contributed by atoms with Gasteiger partial charge in [0.25, 0.3) is 5.91 Å². The number of methoxy groups -OCH3 is 2. The second-order valence-corrected chi connectivity index (χ2v) is 10.2. The fourth-order valence-corrected chi connectivity index (χ4v) is 5.01. The first kappa shape index (κ1) is 31.1. The van der Waals surface area contributed by atoms with Crippen LogP contribution in [0.25, 0.3) is 10.2 Å². The van der Waals surface area contributed by atoms with E-state index in [1.165, 1.54) is 6.07 Å². The zero-order chi connectivity index (χ0) is 28.6. The lowest BCUT2D eigenvalue weighted by Gasteiger charge is -2.22. The molecule has 214 valence electrons. The molecular formula is C26H31ClF3N3O5S. The summed E-state index contributed by atoms with van der Waals surface area (Å²) >= 11 is 7.17. The zero-order valence-electron chi connectivity index (χ0n) is 21.9. The van der Waals surface area contributed by atoms with Crippen LogP contribution in [0.4, 0.5) is 18.3 Å². The van der Waals surface area contributed by atoms with E-state index < -0.39 is 17.6 Å². The van der Waals surface area contributed by atoms with Crippen molar-refractivity contribution in [3.05, 3.63) is 51.5 Å². The van der Waals surface area contributed by atoms with E-state index >= 15 is 0 Å². The molecule has 2 N–H and O–H groups in total. The third-order valence-corrected chi connectivity index (χ3v) is 6.88. The van der Waals surface area contributed by atoms with E-state index in [1.807, 2.05) is 11.8 Å². The van der Waals surface area contributed by atoms with Crippen LogP contribution < -0.4 is 5.32 Å². The maximum Gasteiger partial charge on any atom is 0.416 e. The summed E-state index contributed by atoms with van der Waals surface area (Å²) < 4.78 is 56.5. The Labute approximate surface area is 233 Å². The molecule has 13 heteroatoms. The van der Waals surface area contributed by atoms with Crippen LogP contribution in [-0.4, -0.2) is 68.0 Å². The van der Waals surface area contributed by atoms with Gasteiger partial charge in [-0.3, -0.25) is 15.0 Å². The highest BCUT2D eigenvalue weighted by molar-refractivity contribution is 7.22. The largest absolute Gasteiger partial charge is 0.507 e. The number of alkyl halides is 3. The minimum absolute atomic E-state index is 0.0491. The van der Waals surface area contributed by atoms with Crippen molar-refractivity contribution in [2.45, 2.75) is 32.7 Å². The number of fused-ring (bicyclic) bond motifs is 1. The monoisotopic (exact) mass is 589 g/mol. The number of halogens is 4. The molecule has 2 aromatic carbocycles. The van der Waals surface area contributed by atoms with Crippen molar-refractivity contribution < 1.29 is 37.3 Å². The Morgan fingerprint density at radius 1 is 1.10 bits per heavy atom. The predicted octanol–water partition coefficient (Wildman–Crippen LogP) is 5.95. The molecule has 0 saturated carbocycles. The van der Waals surface area contributed by atoms with Crippen molar-refractivity contribution in [2.75, 3.05) is 52.4 Å². The molecule has 39 heavy (non-hydrogen) atoms. The number of carbonyl (C=O) groups is 1. The van der Waals surface area contributed by atoms with Crippen LogP contribution >= 0.6 is 22.9 Å². The number of thiazole rings is 1. The number of aromatic hydroxyl groups is 1. The topological polar surface area (TPSA) is 93.2 Å². The van der Waals surface area contributed by atoms with Crippen molar-refractivity contribution in [2.24, 2.45) is 0 Å². The van der Waals surface area contributed by atoms with Crippen LogP contribution in [0.15, 0.2) is 24.3 Å². The molecular weight excluding hydrogens is 559 g/mol. The Morgan fingerprint density at radius 2 is 1.79 bits per heavy atom. The maximum atomic E-state index is 13.5. The molecule has 0 radical (unpaired) electrons. The van der Waals surface area contributed by atoms with Crippen molar-refractivity contribution >= 4 is 44.2 Å². The average molecular weight is 590 g/mol. The lowest BCUT2D eigenvalue weighted by Crippen LogP contribution is -2.30. The van der Waals surface area contributed by atoms with Crippen molar-refractivity contribution in [3.63, 3.8) is 0 Å². The average Bonchev–Trinajstić information content (AvgIpc) is 3.29. The van der Waals surface area contributed by atoms with Gasteiger partial charge in [0.15, 0.2) is 5.13 Å². The van der Waals surface area contributed by atoms with Gasteiger partial charge in [0.05, 0.1) is 41.2 Å². The molecule has 1 aromatic heterocycles. The molecule has 3 aromatic rings. The van der Waals surface area contributed by atoms with Gasteiger partial charge in [0, 0.05) is 56.6 Å². The van der Waals surface area contributed by atoms with Crippen LogP contribution in [-0.2, 0) is 33.5 Å². The van der Waals surface area contributed by atoms with Gasteiger partial charge in [0.1, 0.15) is 5.75 Å². The molecule has 0 spiro atoms. The first-order valence-corrected chi connectivity index (χ1v) is 13.4. The Balaban J connectivity index is 1.89. The van der Waals surface area contributed by atoms with Crippen LogP contribution in [0, 0.1) is 0 Å². The third kappa shape index (κ3) is 8.50. The molecule has 0 aliphatic carbocycles. The van der Waals surface area contributed by atoms with Crippen molar-refractivity contribution in [3.8, 4) is 5.75 Å². The molecule has 0 atom stereocenters. The van der Waals surface area contributed by atoms with Gasteiger partial charge >= 0.3 is 6.18 Å². The summed E-state index contributed by atoms with van der Waals surface area (Å²) in [5.41, 5.74) is 0.0923. The second-order valence-electron chi connectivity index (χ2n) is 8.73. The minimum atomic E-state index is -4.55. The second kappa shape index (κ2) is 14.2. The third-order valence-electron chi connectivity index (χ3n) is 5.74. The number of ether oxygens (including phenoxy) is 3. The molecule has 0 fully saturated rings. The van der Waals surface area contributed by atoms with Crippen LogP contribution in [0.3, 0.4) is 0 Å². The van der Waals surface area contributed by atoms with E-state index in [0.29, 0.717) is 50.4 Å². The predicted molar refractivity (Wildman–Crippen MR) is 145 cm³/mol. The van der Waals surface area contributed by atoms with Gasteiger partial charge in [0.2, 0.25) is 0 Å². The van der Waals surface area contributed by atoms with Crippen LogP contribution in [0.1, 0.15) is 40.4 Å². The highest BCUT2D eigenvalue weighted by Gasteiger charge is 2.32. The molecule has 0 saturated heterocycles. The van der Waals surface area contributed by atoms with Gasteiger partial charge in [-0.25, -0.2) is 4.98 Å². The first-order valence-electron chi connectivity index (χ1n) is 12.2. The molecule has 1 amide bonds. The number of hydrogen-bond donors (Lipinski definition) is 2. The minimum Gasteiger partial charge on any atom is -0.507 e. The summed E-state index contributed by atoms with van der Waals surface area (Å²) in [5, 5.41) is 13.8. The standard InChI is InChI=1S/C26H31ClF3N3O5S/c1-4-7-38-15-17-10-18(26(28,29)30)12-21-22(17)31-25(39-21)32-24(35)20-13-19(27)11-16(23(20)34)14-33(5-8-36-2)6-9-37-3/h10-13,34H,4-9,14-15H2,1-3H3,(H,31,32,35). The van der Waals surface area contributed by atoms with Gasteiger partial charge in [-0.05, 0) is 30.7 Å². The number of aromatic nitrogens is 1. The van der Waals surface area contributed by atoms with E-state index in [1.54, 1.807) is 20.3 Å². The fraction of sp³-hybridized carbons (Fsp3) is 0.462. The summed E-state index contributed by atoms with van der Waals surface area (Å²) in [6.07, 6.45) is -3.84. The first-order chi connectivity index (χ1) is 18.6. The summed E-state index contributed by atoms with van der Waals surface area (Å²) in [5.74, 6) is -0.957. The number of benzene rings is 2. The SMILES string of the molecule is CCCOCc1cc(C(F)(F)F)cc2sc(NC(=O)c3cc(Cl)cc(CN(CCOC)CCOC)c3O)nc12. The smallest absolute Gasteiger partial charge is 0.416 e. The Bertz CT molecular complexity index is 1260. The van der Waals surface area contributed by atoms with E-state index in [4.69, 9.17) is 25.8 Å². The number of nitrogens with zero attached hydrogens (tertiary/aromatic N) is 2. The van der Waals surface area contributed by atoms with Gasteiger partial charge < -0.3 is 19.3 Å². The summed E-state index contributed by atoms with van der Waals surface area (Å²) in [4.78, 5) is 19.5. The molecule has 1 heterocycles. The van der Waals surface area contributed by atoms with E-state index in [9.17, 15) is 23.1 Å². The number of phenols is 1. The van der Waals surface area contributed by atoms with Crippen LogP contribution in [0.2, 0.25) is 5.02 Å². The van der Waals surface area contributed by atoms with E-state index in [-0.39, 0.29) is 44.9 Å². The zero-order valence-corrected chi connectivity index (χ0v) is 23.4. The van der Waals surface area contributed by atoms with Crippen LogP contribution in [0.5, 0.6) is 5.75 Å². The highest BCUT2D eigenvalue weighted by Crippen LogP contribution is 2.37. The Hall–Kier alpha value is -2.48. The normalized spacial score (nSPS) is 12.0. The molecule has 0 bridgehead atoms. The Morgan fingerprint density at radius 3 is 2.41 bits per heavy atom. The van der Waals surface area contributed by atoms with Crippen molar-refractivity contribution in [1.82, 2.24) is 9.88 Å².